The maximum Gasteiger partial charge on any atom is 0.229 e. The number of nitrogens with zero attached hydrogens (tertiary/aromatic N) is 1. The van der Waals surface area contributed by atoms with Crippen LogP contribution in [0.3, 0.4) is 0 Å². The van der Waals surface area contributed by atoms with Crippen LogP contribution in [0.1, 0.15) is 13.8 Å². The first-order valence-corrected chi connectivity index (χ1v) is 5.81. The Balaban J connectivity index is 2.35. The molecule has 0 aromatic heterocycles. The number of likely N-dealkylation sites (N-methyl/N-ethyl adjacent to an activating group) is 1. The van der Waals surface area contributed by atoms with E-state index in [0.717, 1.165) is 13.1 Å². The molecular weight excluding hydrogens is 206 g/mol. The molecule has 1 rings (SSSR count). The smallest absolute Gasteiger partial charge is 0.229 e. The van der Waals surface area contributed by atoms with E-state index in [1.807, 2.05) is 14.0 Å². The molecule has 5 nitrogen and oxygen atoms in total. The lowest BCUT2D eigenvalue weighted by atomic mass is 9.85. The van der Waals surface area contributed by atoms with E-state index in [0.29, 0.717) is 19.8 Å². The molecule has 1 fully saturated rings. The summed E-state index contributed by atoms with van der Waals surface area (Å²) in [6.45, 7) is 7.34. The normalized spacial score (nSPS) is 29.7. The van der Waals surface area contributed by atoms with E-state index in [2.05, 4.69) is 17.1 Å². The largest absolute Gasteiger partial charge is 0.379 e. The minimum atomic E-state index is -0.565. The molecule has 1 aliphatic rings. The van der Waals surface area contributed by atoms with Crippen LogP contribution in [0.5, 0.6) is 0 Å². The molecule has 0 radical (unpaired) electrons. The molecule has 1 saturated heterocycles. The summed E-state index contributed by atoms with van der Waals surface area (Å²) < 4.78 is 5.25. The summed E-state index contributed by atoms with van der Waals surface area (Å²) in [7, 11) is 2.03. The number of nitrogens with two attached hydrogens (primary N) is 1. The first-order valence-electron chi connectivity index (χ1n) is 5.81. The molecular formula is C11H23N3O2. The van der Waals surface area contributed by atoms with Gasteiger partial charge >= 0.3 is 0 Å². The quantitative estimate of drug-likeness (QED) is 0.662. The van der Waals surface area contributed by atoms with Crippen LogP contribution in [0.25, 0.3) is 0 Å². The van der Waals surface area contributed by atoms with Crippen LogP contribution in [0.2, 0.25) is 0 Å². The van der Waals surface area contributed by atoms with Crippen molar-refractivity contribution < 1.29 is 9.53 Å². The summed E-state index contributed by atoms with van der Waals surface area (Å²) in [6, 6.07) is -0.198. The Kier molecular flexibility index (Phi) is 4.70. The molecule has 94 valence electrons. The van der Waals surface area contributed by atoms with Crippen LogP contribution < -0.4 is 11.1 Å². The van der Waals surface area contributed by atoms with Gasteiger partial charge in [-0.25, -0.2) is 0 Å². The van der Waals surface area contributed by atoms with E-state index >= 15 is 0 Å². The van der Waals surface area contributed by atoms with Gasteiger partial charge in [-0.3, -0.25) is 4.79 Å². The van der Waals surface area contributed by atoms with Crippen molar-refractivity contribution in [2.24, 2.45) is 11.1 Å². The van der Waals surface area contributed by atoms with Gasteiger partial charge in [0.2, 0.25) is 5.91 Å². The summed E-state index contributed by atoms with van der Waals surface area (Å²) in [5, 5.41) is 2.92. The summed E-state index contributed by atoms with van der Waals surface area (Å²) in [5.41, 5.74) is 5.31. The Hall–Kier alpha value is -0.650. The monoisotopic (exact) mass is 229 g/mol. The zero-order valence-electron chi connectivity index (χ0n) is 10.5. The third-order valence-electron chi connectivity index (χ3n) is 3.36. The Labute approximate surface area is 97.3 Å². The Bertz CT molecular complexity index is 247. The Morgan fingerprint density at radius 3 is 2.88 bits per heavy atom. The van der Waals surface area contributed by atoms with Crippen molar-refractivity contribution in [1.82, 2.24) is 10.2 Å². The van der Waals surface area contributed by atoms with Gasteiger partial charge in [-0.1, -0.05) is 6.92 Å². The van der Waals surface area contributed by atoms with Gasteiger partial charge in [-0.2, -0.15) is 0 Å². The molecule has 2 atom stereocenters. The van der Waals surface area contributed by atoms with Crippen molar-refractivity contribution in [3.05, 3.63) is 0 Å². The molecule has 1 amide bonds. The van der Waals surface area contributed by atoms with Gasteiger partial charge in [0.05, 0.1) is 18.6 Å². The first-order chi connectivity index (χ1) is 7.50. The van der Waals surface area contributed by atoms with Crippen LogP contribution in [-0.2, 0) is 9.53 Å². The van der Waals surface area contributed by atoms with Crippen LogP contribution in [0.4, 0.5) is 0 Å². The lowest BCUT2D eigenvalue weighted by Crippen LogP contribution is -2.50. The SMILES string of the molecule is CCN(C)CCNC(=O)C1(C)COCC1N. The highest BCUT2D eigenvalue weighted by molar-refractivity contribution is 5.83. The van der Waals surface area contributed by atoms with Gasteiger partial charge in [0.25, 0.3) is 0 Å². The summed E-state index contributed by atoms with van der Waals surface area (Å²) in [6.07, 6.45) is 0. The van der Waals surface area contributed by atoms with E-state index in [1.54, 1.807) is 0 Å². The summed E-state index contributed by atoms with van der Waals surface area (Å²) in [4.78, 5) is 14.1. The number of amides is 1. The van der Waals surface area contributed by atoms with E-state index in [4.69, 9.17) is 10.5 Å². The minimum Gasteiger partial charge on any atom is -0.379 e. The van der Waals surface area contributed by atoms with Gasteiger partial charge in [-0.05, 0) is 20.5 Å². The van der Waals surface area contributed by atoms with Crippen LogP contribution in [-0.4, -0.2) is 56.7 Å². The highest BCUT2D eigenvalue weighted by atomic mass is 16.5. The minimum absolute atomic E-state index is 0.00185. The third kappa shape index (κ3) is 2.93. The molecule has 0 spiro atoms. The highest BCUT2D eigenvalue weighted by Gasteiger charge is 2.44. The summed E-state index contributed by atoms with van der Waals surface area (Å²) in [5.74, 6) is 0.00185. The van der Waals surface area contributed by atoms with Crippen molar-refractivity contribution in [1.29, 1.82) is 0 Å². The fraction of sp³-hybridized carbons (Fsp3) is 0.909. The number of carbonyl (C=O) groups is 1. The van der Waals surface area contributed by atoms with Crippen LogP contribution in [0.15, 0.2) is 0 Å². The third-order valence-corrected chi connectivity index (χ3v) is 3.36. The predicted molar refractivity (Wildman–Crippen MR) is 63.1 cm³/mol. The molecule has 16 heavy (non-hydrogen) atoms. The van der Waals surface area contributed by atoms with Crippen molar-refractivity contribution in [3.63, 3.8) is 0 Å². The van der Waals surface area contributed by atoms with E-state index < -0.39 is 5.41 Å². The van der Waals surface area contributed by atoms with Crippen molar-refractivity contribution >= 4 is 5.91 Å². The topological polar surface area (TPSA) is 67.6 Å². The average molecular weight is 229 g/mol. The van der Waals surface area contributed by atoms with Gasteiger partial charge < -0.3 is 20.7 Å². The number of ether oxygens (including phenoxy) is 1. The second kappa shape index (κ2) is 5.61. The van der Waals surface area contributed by atoms with Gasteiger partial charge in [0, 0.05) is 19.1 Å². The van der Waals surface area contributed by atoms with Crippen molar-refractivity contribution in [2.45, 2.75) is 19.9 Å². The fourth-order valence-electron chi connectivity index (χ4n) is 1.64. The fourth-order valence-corrected chi connectivity index (χ4v) is 1.64. The van der Waals surface area contributed by atoms with Gasteiger partial charge in [-0.15, -0.1) is 0 Å². The zero-order valence-corrected chi connectivity index (χ0v) is 10.5. The van der Waals surface area contributed by atoms with Crippen molar-refractivity contribution in [3.8, 4) is 0 Å². The molecule has 0 saturated carbocycles. The van der Waals surface area contributed by atoms with E-state index in [1.165, 1.54) is 0 Å². The zero-order chi connectivity index (χ0) is 12.2. The molecule has 0 aromatic carbocycles. The van der Waals surface area contributed by atoms with Gasteiger partial charge in [0.1, 0.15) is 0 Å². The first kappa shape index (κ1) is 13.4. The lowest BCUT2D eigenvalue weighted by Gasteiger charge is -2.26. The maximum atomic E-state index is 12.0. The molecule has 0 aromatic rings. The highest BCUT2D eigenvalue weighted by Crippen LogP contribution is 2.26. The van der Waals surface area contributed by atoms with E-state index in [9.17, 15) is 4.79 Å². The second-order valence-electron chi connectivity index (χ2n) is 4.69. The number of nitrogens with one attached hydrogen (secondary N) is 1. The molecule has 2 unspecified atom stereocenters. The molecule has 1 heterocycles. The van der Waals surface area contributed by atoms with Crippen molar-refractivity contribution in [2.75, 3.05) is 39.9 Å². The number of hydrogen-bond acceptors (Lipinski definition) is 4. The van der Waals surface area contributed by atoms with Crippen LogP contribution in [0, 0.1) is 5.41 Å². The molecule has 3 N–H and O–H groups in total. The number of hydrogen-bond donors (Lipinski definition) is 2. The Morgan fingerprint density at radius 2 is 2.38 bits per heavy atom. The average Bonchev–Trinajstić information content (AvgIpc) is 2.60. The second-order valence-corrected chi connectivity index (χ2v) is 4.69. The molecule has 0 bridgehead atoms. The maximum absolute atomic E-state index is 12.0. The number of rotatable bonds is 5. The molecule has 1 aliphatic heterocycles. The lowest BCUT2D eigenvalue weighted by molar-refractivity contribution is -0.130. The standard InChI is InChI=1S/C11H23N3O2/c1-4-14(3)6-5-13-10(15)11(2)8-16-7-9(11)12/h9H,4-8,12H2,1-3H3,(H,13,15). The van der Waals surface area contributed by atoms with Crippen LogP contribution >= 0.6 is 0 Å². The molecule has 0 aliphatic carbocycles. The molecule has 5 heteroatoms. The summed E-state index contributed by atoms with van der Waals surface area (Å²) >= 11 is 0. The Morgan fingerprint density at radius 1 is 1.69 bits per heavy atom. The van der Waals surface area contributed by atoms with Gasteiger partial charge in [0.15, 0.2) is 0 Å². The van der Waals surface area contributed by atoms with E-state index in [-0.39, 0.29) is 11.9 Å². The number of carbonyl (C=O) groups excluding carboxylic acids is 1. The predicted octanol–water partition coefficient (Wildman–Crippen LogP) is -0.582.